The first-order chi connectivity index (χ1) is 11.6. The van der Waals surface area contributed by atoms with Crippen LogP contribution in [0.3, 0.4) is 0 Å². The van der Waals surface area contributed by atoms with E-state index in [1.54, 1.807) is 6.92 Å². The van der Waals surface area contributed by atoms with Gasteiger partial charge in [-0.2, -0.15) is 0 Å². The van der Waals surface area contributed by atoms with Gasteiger partial charge in [0.1, 0.15) is 11.3 Å². The molecule has 3 rings (SSSR count). The highest BCUT2D eigenvalue weighted by atomic mass is 35.5. The third-order valence-electron chi connectivity index (χ3n) is 4.06. The molecule has 0 saturated carbocycles. The number of nitrogens with one attached hydrogen (secondary N) is 1. The second kappa shape index (κ2) is 7.23. The highest BCUT2D eigenvalue weighted by Crippen LogP contribution is 2.35. The van der Waals surface area contributed by atoms with Crippen molar-refractivity contribution >= 4 is 28.9 Å². The summed E-state index contributed by atoms with van der Waals surface area (Å²) >= 11 is 6.40. The number of benzene rings is 1. The number of morpholine rings is 1. The molecule has 6 nitrogen and oxygen atoms in total. The number of amides is 1. The minimum Gasteiger partial charge on any atom is -0.378 e. The lowest BCUT2D eigenvalue weighted by Gasteiger charge is -2.31. The molecule has 2 aromatic rings. The number of ether oxygens (including phenoxy) is 1. The Morgan fingerprint density at radius 3 is 2.83 bits per heavy atom. The van der Waals surface area contributed by atoms with E-state index in [0.29, 0.717) is 47.4 Å². The summed E-state index contributed by atoms with van der Waals surface area (Å²) in [4.78, 5) is 14.9. The highest BCUT2D eigenvalue weighted by molar-refractivity contribution is 6.34. The Morgan fingerprint density at radius 1 is 1.38 bits per heavy atom. The molecule has 1 fully saturated rings. The molecule has 1 saturated heterocycles. The molecule has 0 unspecified atom stereocenters. The fourth-order valence-electron chi connectivity index (χ4n) is 2.86. The maximum Gasteiger partial charge on any atom is 0.261 e. The molecule has 1 aliphatic heterocycles. The molecule has 2 heterocycles. The average molecular weight is 350 g/mol. The summed E-state index contributed by atoms with van der Waals surface area (Å²) in [5, 5.41) is 7.50. The lowest BCUT2D eigenvalue weighted by atomic mass is 10.1. The van der Waals surface area contributed by atoms with Crippen LogP contribution in [0.4, 0.5) is 11.4 Å². The first-order valence-corrected chi connectivity index (χ1v) is 8.37. The monoisotopic (exact) mass is 349 g/mol. The van der Waals surface area contributed by atoms with Crippen molar-refractivity contribution in [3.8, 4) is 0 Å². The number of aromatic nitrogens is 1. The Kier molecular flexibility index (Phi) is 5.06. The smallest absolute Gasteiger partial charge is 0.261 e. The summed E-state index contributed by atoms with van der Waals surface area (Å²) < 4.78 is 10.5. The highest BCUT2D eigenvalue weighted by Gasteiger charge is 2.23. The lowest BCUT2D eigenvalue weighted by Crippen LogP contribution is -2.37. The quantitative estimate of drug-likeness (QED) is 0.917. The largest absolute Gasteiger partial charge is 0.378 e. The number of aryl methyl sites for hydroxylation is 2. The van der Waals surface area contributed by atoms with Crippen LogP contribution in [0.2, 0.25) is 5.02 Å². The summed E-state index contributed by atoms with van der Waals surface area (Å²) in [6, 6.07) is 5.50. The zero-order valence-corrected chi connectivity index (χ0v) is 14.5. The van der Waals surface area contributed by atoms with Crippen LogP contribution in [-0.2, 0) is 11.2 Å². The molecule has 1 aromatic carbocycles. The number of nitrogens with zero attached hydrogens (tertiary/aromatic N) is 2. The van der Waals surface area contributed by atoms with Gasteiger partial charge in [-0.3, -0.25) is 4.79 Å². The van der Waals surface area contributed by atoms with Crippen LogP contribution in [0.15, 0.2) is 22.7 Å². The number of para-hydroxylation sites is 1. The topological polar surface area (TPSA) is 67.6 Å². The number of hydrogen-bond donors (Lipinski definition) is 1. The lowest BCUT2D eigenvalue weighted by molar-refractivity contribution is 0.102. The van der Waals surface area contributed by atoms with Crippen LogP contribution in [0.1, 0.15) is 28.7 Å². The first kappa shape index (κ1) is 16.8. The van der Waals surface area contributed by atoms with E-state index >= 15 is 0 Å². The van der Waals surface area contributed by atoms with Gasteiger partial charge in [-0.15, -0.1) is 0 Å². The van der Waals surface area contributed by atoms with E-state index in [0.717, 1.165) is 18.8 Å². The third kappa shape index (κ3) is 3.25. The zero-order valence-electron chi connectivity index (χ0n) is 13.8. The van der Waals surface area contributed by atoms with Gasteiger partial charge in [-0.25, -0.2) is 0 Å². The molecule has 24 heavy (non-hydrogen) atoms. The molecule has 1 aliphatic rings. The van der Waals surface area contributed by atoms with Crippen LogP contribution >= 0.6 is 11.6 Å². The molecule has 1 N–H and O–H groups in total. The van der Waals surface area contributed by atoms with Gasteiger partial charge in [0, 0.05) is 13.1 Å². The summed E-state index contributed by atoms with van der Waals surface area (Å²) in [7, 11) is 0. The molecule has 0 atom stereocenters. The zero-order chi connectivity index (χ0) is 17.1. The second-order valence-electron chi connectivity index (χ2n) is 5.60. The van der Waals surface area contributed by atoms with E-state index in [1.807, 2.05) is 25.1 Å². The molecule has 0 bridgehead atoms. The van der Waals surface area contributed by atoms with Crippen LogP contribution in [0.25, 0.3) is 0 Å². The predicted octanol–water partition coefficient (Wildman–Crippen LogP) is 3.29. The van der Waals surface area contributed by atoms with Crippen molar-refractivity contribution in [1.82, 2.24) is 5.16 Å². The molecule has 7 heteroatoms. The number of rotatable bonds is 4. The minimum atomic E-state index is -0.234. The average Bonchev–Trinajstić information content (AvgIpc) is 2.96. The van der Waals surface area contributed by atoms with Crippen molar-refractivity contribution in [3.05, 3.63) is 40.2 Å². The number of anilines is 2. The molecule has 1 aromatic heterocycles. The number of carbonyl (C=O) groups excluding carboxylic acids is 1. The van der Waals surface area contributed by atoms with Gasteiger partial charge in [0.2, 0.25) is 0 Å². The molecule has 0 spiro atoms. The van der Waals surface area contributed by atoms with Crippen LogP contribution in [-0.4, -0.2) is 37.4 Å². The first-order valence-electron chi connectivity index (χ1n) is 7.99. The molecule has 0 radical (unpaired) electrons. The summed E-state index contributed by atoms with van der Waals surface area (Å²) in [5.74, 6) is 0.279. The summed E-state index contributed by atoms with van der Waals surface area (Å²) in [6.45, 7) is 6.43. The van der Waals surface area contributed by atoms with Gasteiger partial charge < -0.3 is 19.5 Å². The number of halogens is 1. The second-order valence-corrected chi connectivity index (χ2v) is 6.01. The maximum absolute atomic E-state index is 12.7. The fourth-order valence-corrected chi connectivity index (χ4v) is 3.15. The summed E-state index contributed by atoms with van der Waals surface area (Å²) in [6.07, 6.45) is 0.631. The van der Waals surface area contributed by atoms with Crippen LogP contribution in [0, 0.1) is 6.92 Å². The van der Waals surface area contributed by atoms with E-state index in [-0.39, 0.29) is 5.91 Å². The van der Waals surface area contributed by atoms with E-state index in [9.17, 15) is 4.79 Å². The third-order valence-corrected chi connectivity index (χ3v) is 4.36. The van der Waals surface area contributed by atoms with Gasteiger partial charge in [-0.05, 0) is 25.5 Å². The van der Waals surface area contributed by atoms with E-state index < -0.39 is 0 Å². The van der Waals surface area contributed by atoms with Crippen molar-refractivity contribution in [1.29, 1.82) is 0 Å². The van der Waals surface area contributed by atoms with Gasteiger partial charge in [0.25, 0.3) is 5.91 Å². The van der Waals surface area contributed by atoms with Crippen molar-refractivity contribution in [3.63, 3.8) is 0 Å². The van der Waals surface area contributed by atoms with Crippen LogP contribution in [0.5, 0.6) is 0 Å². The molecule has 1 amide bonds. The van der Waals surface area contributed by atoms with Gasteiger partial charge in [0.15, 0.2) is 0 Å². The van der Waals surface area contributed by atoms with Gasteiger partial charge in [-0.1, -0.05) is 29.7 Å². The van der Waals surface area contributed by atoms with Gasteiger partial charge >= 0.3 is 0 Å². The van der Waals surface area contributed by atoms with Crippen molar-refractivity contribution in [2.75, 3.05) is 36.5 Å². The molecule has 128 valence electrons. The molecular formula is C17H20ClN3O3. The molecule has 0 aliphatic carbocycles. The van der Waals surface area contributed by atoms with Gasteiger partial charge in [0.05, 0.1) is 35.3 Å². The maximum atomic E-state index is 12.7. The normalized spacial score (nSPS) is 14.7. The molecular weight excluding hydrogens is 330 g/mol. The van der Waals surface area contributed by atoms with E-state index in [2.05, 4.69) is 15.4 Å². The fraction of sp³-hybridized carbons (Fsp3) is 0.412. The Labute approximate surface area is 145 Å². The Hall–Kier alpha value is -2.05. The predicted molar refractivity (Wildman–Crippen MR) is 93.1 cm³/mol. The Balaban J connectivity index is 1.91. The Bertz CT molecular complexity index is 739. The van der Waals surface area contributed by atoms with E-state index in [4.69, 9.17) is 20.9 Å². The number of carbonyl (C=O) groups is 1. The van der Waals surface area contributed by atoms with Crippen molar-refractivity contribution in [2.24, 2.45) is 0 Å². The van der Waals surface area contributed by atoms with Crippen LogP contribution < -0.4 is 10.2 Å². The number of hydrogen-bond acceptors (Lipinski definition) is 5. The van der Waals surface area contributed by atoms with Crippen molar-refractivity contribution < 1.29 is 14.1 Å². The summed E-state index contributed by atoms with van der Waals surface area (Å²) in [5.41, 5.74) is 2.64. The Morgan fingerprint density at radius 2 is 2.12 bits per heavy atom. The van der Waals surface area contributed by atoms with E-state index in [1.165, 1.54) is 0 Å². The van der Waals surface area contributed by atoms with Crippen molar-refractivity contribution in [2.45, 2.75) is 20.3 Å². The SMILES string of the molecule is CCc1noc(C)c1C(=O)Nc1cccc(Cl)c1N1CCOCC1. The standard InChI is InChI=1S/C17H20ClN3O3/c1-3-13-15(11(2)24-20-13)17(22)19-14-6-4-5-12(18)16(14)21-7-9-23-10-8-21/h4-6H,3,7-10H2,1-2H3,(H,19,22). The minimum absolute atomic E-state index is 0.234.